The van der Waals surface area contributed by atoms with Crippen molar-refractivity contribution in [3.8, 4) is 5.75 Å². The summed E-state index contributed by atoms with van der Waals surface area (Å²) in [7, 11) is 0. The summed E-state index contributed by atoms with van der Waals surface area (Å²) >= 11 is 0. The topological polar surface area (TPSA) is 122 Å². The Bertz CT molecular complexity index is 857. The smallest absolute Gasteiger partial charge is 0.240 e. The maximum absolute atomic E-state index is 9.86. The van der Waals surface area contributed by atoms with Crippen LogP contribution >= 0.6 is 0 Å². The van der Waals surface area contributed by atoms with Gasteiger partial charge in [-0.15, -0.1) is 0 Å². The van der Waals surface area contributed by atoms with Crippen LogP contribution in [-0.4, -0.2) is 21.6 Å². The minimum Gasteiger partial charge on any atom is -0.507 e. The van der Waals surface area contributed by atoms with E-state index in [-0.39, 0.29) is 17.4 Å². The van der Waals surface area contributed by atoms with Gasteiger partial charge in [0.1, 0.15) is 5.75 Å². The Morgan fingerprint density at radius 3 is 2.52 bits per heavy atom. The largest absolute Gasteiger partial charge is 0.507 e. The monoisotopic (exact) mass is 308 g/mol. The first-order valence-electron chi connectivity index (χ1n) is 6.64. The van der Waals surface area contributed by atoms with Crippen molar-refractivity contribution in [2.75, 3.05) is 5.73 Å². The quantitative estimate of drug-likeness (QED) is 0.564. The number of aliphatic imine (C=N–C) groups is 1. The maximum atomic E-state index is 9.86. The van der Waals surface area contributed by atoms with Gasteiger partial charge in [0.25, 0.3) is 0 Å². The molecule has 0 spiro atoms. The summed E-state index contributed by atoms with van der Waals surface area (Å²) in [4.78, 5) is 4.01. The average molecular weight is 308 g/mol. The van der Waals surface area contributed by atoms with E-state index in [0.717, 1.165) is 5.69 Å². The number of rotatable bonds is 4. The molecule has 8 heteroatoms. The average Bonchev–Trinajstić information content (AvgIpc) is 2.99. The molecule has 0 aliphatic carbocycles. The normalized spacial score (nSPS) is 11.5. The van der Waals surface area contributed by atoms with Gasteiger partial charge in [-0.1, -0.05) is 18.2 Å². The van der Waals surface area contributed by atoms with Crippen molar-refractivity contribution in [2.24, 2.45) is 15.2 Å². The van der Waals surface area contributed by atoms with E-state index in [1.165, 1.54) is 12.3 Å². The van der Waals surface area contributed by atoms with Crippen molar-refractivity contribution in [3.63, 3.8) is 0 Å². The lowest BCUT2D eigenvalue weighted by atomic mass is 10.2. The van der Waals surface area contributed by atoms with Crippen LogP contribution in [-0.2, 0) is 0 Å². The van der Waals surface area contributed by atoms with Crippen molar-refractivity contribution in [3.05, 3.63) is 54.1 Å². The molecule has 0 fully saturated rings. The standard InChI is InChI=1S/C15H12N6O2/c16-14-15(21-23-20-14)17-9-10-8-12(6-7-13(10)22)19-18-11-4-2-1-3-5-11/h1-9,22H,(H2,16,20). The van der Waals surface area contributed by atoms with Crippen LogP contribution in [0.15, 0.2) is 68.4 Å². The number of nitrogens with zero attached hydrogens (tertiary/aromatic N) is 5. The number of hydrogen-bond acceptors (Lipinski definition) is 8. The Labute approximate surface area is 131 Å². The lowest BCUT2D eigenvalue weighted by molar-refractivity contribution is 0.310. The molecule has 114 valence electrons. The van der Waals surface area contributed by atoms with Crippen LogP contribution in [0.2, 0.25) is 0 Å². The molecule has 1 aromatic heterocycles. The highest BCUT2D eigenvalue weighted by molar-refractivity contribution is 5.86. The molecule has 0 atom stereocenters. The number of nitrogens with two attached hydrogens (primary N) is 1. The van der Waals surface area contributed by atoms with Gasteiger partial charge < -0.3 is 10.8 Å². The molecule has 0 saturated heterocycles. The number of hydrogen-bond donors (Lipinski definition) is 2. The Morgan fingerprint density at radius 1 is 1.00 bits per heavy atom. The molecule has 0 aliphatic heterocycles. The van der Waals surface area contributed by atoms with Crippen LogP contribution in [0.4, 0.5) is 23.0 Å². The molecule has 0 amide bonds. The SMILES string of the molecule is Nc1nonc1N=Cc1cc(N=Nc2ccccc2)ccc1O. The van der Waals surface area contributed by atoms with E-state index in [2.05, 4.69) is 30.2 Å². The third-order valence-corrected chi connectivity index (χ3v) is 2.87. The molecule has 23 heavy (non-hydrogen) atoms. The minimum absolute atomic E-state index is 0.0439. The molecule has 3 aromatic rings. The lowest BCUT2D eigenvalue weighted by Crippen LogP contribution is -1.85. The molecule has 0 unspecified atom stereocenters. The van der Waals surface area contributed by atoms with Crippen LogP contribution in [0.3, 0.4) is 0 Å². The number of phenols is 1. The van der Waals surface area contributed by atoms with Gasteiger partial charge in [-0.2, -0.15) is 10.2 Å². The zero-order chi connectivity index (χ0) is 16.1. The van der Waals surface area contributed by atoms with Gasteiger partial charge in [0.2, 0.25) is 11.6 Å². The maximum Gasteiger partial charge on any atom is 0.240 e. The first kappa shape index (κ1) is 14.4. The molecule has 0 saturated carbocycles. The fraction of sp³-hybridized carbons (Fsp3) is 0. The van der Waals surface area contributed by atoms with E-state index in [0.29, 0.717) is 11.3 Å². The van der Waals surface area contributed by atoms with Gasteiger partial charge in [-0.05, 0) is 40.6 Å². The molecular weight excluding hydrogens is 296 g/mol. The second-order valence-corrected chi connectivity index (χ2v) is 4.51. The molecule has 8 nitrogen and oxygen atoms in total. The van der Waals surface area contributed by atoms with Crippen molar-refractivity contribution in [1.29, 1.82) is 0 Å². The number of aromatic nitrogens is 2. The Kier molecular flexibility index (Phi) is 4.05. The molecule has 2 aromatic carbocycles. The second-order valence-electron chi connectivity index (χ2n) is 4.51. The number of phenolic OH excluding ortho intramolecular Hbond substituents is 1. The molecule has 0 bridgehead atoms. The Balaban J connectivity index is 1.83. The Hall–Kier alpha value is -3.55. The van der Waals surface area contributed by atoms with Crippen molar-refractivity contribution < 1.29 is 9.74 Å². The highest BCUT2D eigenvalue weighted by Gasteiger charge is 2.04. The number of nitrogen functional groups attached to an aromatic ring is 1. The van der Waals surface area contributed by atoms with Crippen LogP contribution < -0.4 is 5.73 Å². The van der Waals surface area contributed by atoms with E-state index in [1.807, 2.05) is 30.3 Å². The van der Waals surface area contributed by atoms with E-state index in [9.17, 15) is 5.11 Å². The second kappa shape index (κ2) is 6.48. The van der Waals surface area contributed by atoms with Gasteiger partial charge in [0, 0.05) is 11.8 Å². The highest BCUT2D eigenvalue weighted by atomic mass is 16.6. The molecule has 0 radical (unpaired) electrons. The van der Waals surface area contributed by atoms with Gasteiger partial charge in [0.05, 0.1) is 11.4 Å². The Morgan fingerprint density at radius 2 is 1.78 bits per heavy atom. The molecule has 3 rings (SSSR count). The minimum atomic E-state index is 0.0439. The third kappa shape index (κ3) is 3.56. The van der Waals surface area contributed by atoms with E-state index in [1.54, 1.807) is 12.1 Å². The summed E-state index contributed by atoms with van der Waals surface area (Å²) in [6, 6.07) is 14.1. The zero-order valence-corrected chi connectivity index (χ0v) is 11.9. The molecular formula is C15H12N6O2. The van der Waals surface area contributed by atoms with Crippen LogP contribution in [0.1, 0.15) is 5.56 Å². The van der Waals surface area contributed by atoms with Gasteiger partial charge in [0.15, 0.2) is 0 Å². The summed E-state index contributed by atoms with van der Waals surface area (Å²) in [6.45, 7) is 0. The summed E-state index contributed by atoms with van der Waals surface area (Å²) < 4.78 is 4.44. The number of azo groups is 1. The predicted octanol–water partition coefficient (Wildman–Crippen LogP) is 3.52. The lowest BCUT2D eigenvalue weighted by Gasteiger charge is -1.99. The highest BCUT2D eigenvalue weighted by Crippen LogP contribution is 2.25. The first-order valence-corrected chi connectivity index (χ1v) is 6.64. The molecule has 3 N–H and O–H groups in total. The summed E-state index contributed by atoms with van der Waals surface area (Å²) in [5.41, 5.74) is 7.25. The van der Waals surface area contributed by atoms with E-state index in [4.69, 9.17) is 5.73 Å². The molecule has 0 aliphatic rings. The number of benzene rings is 2. The van der Waals surface area contributed by atoms with E-state index >= 15 is 0 Å². The van der Waals surface area contributed by atoms with Crippen molar-refractivity contribution in [2.45, 2.75) is 0 Å². The van der Waals surface area contributed by atoms with Crippen LogP contribution in [0.5, 0.6) is 5.75 Å². The summed E-state index contributed by atoms with van der Waals surface area (Å²) in [6.07, 6.45) is 1.40. The van der Waals surface area contributed by atoms with Crippen molar-refractivity contribution in [1.82, 2.24) is 10.3 Å². The predicted molar refractivity (Wildman–Crippen MR) is 84.7 cm³/mol. The van der Waals surface area contributed by atoms with Crippen LogP contribution in [0, 0.1) is 0 Å². The van der Waals surface area contributed by atoms with Gasteiger partial charge in [-0.3, -0.25) is 0 Å². The summed E-state index contributed by atoms with van der Waals surface area (Å²) in [5.74, 6) is 0.254. The van der Waals surface area contributed by atoms with Gasteiger partial charge in [-0.25, -0.2) is 9.62 Å². The third-order valence-electron chi connectivity index (χ3n) is 2.87. The number of anilines is 1. The fourth-order valence-corrected chi connectivity index (χ4v) is 1.73. The first-order chi connectivity index (χ1) is 11.2. The van der Waals surface area contributed by atoms with Gasteiger partial charge >= 0.3 is 0 Å². The fourth-order valence-electron chi connectivity index (χ4n) is 1.73. The van der Waals surface area contributed by atoms with Crippen LogP contribution in [0.25, 0.3) is 0 Å². The summed E-state index contributed by atoms with van der Waals surface area (Å²) in [5, 5.41) is 25.0. The number of aromatic hydroxyl groups is 1. The van der Waals surface area contributed by atoms with Crippen molar-refractivity contribution >= 4 is 29.2 Å². The zero-order valence-electron chi connectivity index (χ0n) is 11.9. The van der Waals surface area contributed by atoms with E-state index < -0.39 is 0 Å². The molecule has 1 heterocycles.